The molecule has 0 spiro atoms. The lowest BCUT2D eigenvalue weighted by Crippen LogP contribution is -2.25. The van der Waals surface area contributed by atoms with Gasteiger partial charge in [0.2, 0.25) is 11.5 Å². The van der Waals surface area contributed by atoms with Gasteiger partial charge in [-0.05, 0) is 44.9 Å². The average Bonchev–Trinajstić information content (AvgIpc) is 2.60. The lowest BCUT2D eigenvalue weighted by atomic mass is 9.97. The molecule has 0 bridgehead atoms. The number of benzene rings is 2. The number of carbonyl (C=O) groups is 1. The number of phenolic OH excluding ortho intramolecular Hbond substituents is 1. The van der Waals surface area contributed by atoms with Crippen molar-refractivity contribution in [1.82, 2.24) is 0 Å². The molecule has 6 heteroatoms. The van der Waals surface area contributed by atoms with Crippen LogP contribution < -0.4 is 18.9 Å². The highest BCUT2D eigenvalue weighted by atomic mass is 16.6. The smallest absolute Gasteiger partial charge is 0.316 e. The zero-order chi connectivity index (χ0) is 20.4. The van der Waals surface area contributed by atoms with Crippen LogP contribution in [0.2, 0.25) is 0 Å². The van der Waals surface area contributed by atoms with Crippen LogP contribution in [0.1, 0.15) is 34.6 Å². The summed E-state index contributed by atoms with van der Waals surface area (Å²) in [5.41, 5.74) is -0.714. The van der Waals surface area contributed by atoms with Crippen LogP contribution in [0.4, 0.5) is 0 Å². The fourth-order valence-electron chi connectivity index (χ4n) is 2.45. The maximum atomic E-state index is 12.5. The molecule has 0 saturated carbocycles. The quantitative estimate of drug-likeness (QED) is 0.589. The van der Waals surface area contributed by atoms with Crippen molar-refractivity contribution in [2.75, 3.05) is 20.8 Å². The predicted molar refractivity (Wildman–Crippen MR) is 104 cm³/mol. The Hall–Kier alpha value is -2.63. The molecule has 2 aromatic rings. The van der Waals surface area contributed by atoms with E-state index >= 15 is 0 Å². The molecule has 0 unspecified atom stereocenters. The molecule has 2 rings (SSSR count). The Morgan fingerprint density at radius 1 is 1.04 bits per heavy atom. The summed E-state index contributed by atoms with van der Waals surface area (Å²) < 4.78 is 22.2. The molecule has 0 amide bonds. The van der Waals surface area contributed by atoms with E-state index < -0.39 is 11.4 Å². The van der Waals surface area contributed by atoms with E-state index in [1.807, 2.05) is 0 Å². The third kappa shape index (κ3) is 4.38. The van der Waals surface area contributed by atoms with Crippen molar-refractivity contribution in [2.45, 2.75) is 34.6 Å². The first-order valence-corrected chi connectivity index (χ1v) is 8.85. The zero-order valence-electron chi connectivity index (χ0n) is 17.0. The molecule has 0 atom stereocenters. The third-order valence-electron chi connectivity index (χ3n) is 3.92. The zero-order valence-corrected chi connectivity index (χ0v) is 17.0. The van der Waals surface area contributed by atoms with E-state index in [4.69, 9.17) is 18.9 Å². The van der Waals surface area contributed by atoms with E-state index in [0.29, 0.717) is 29.0 Å². The number of phenols is 1. The van der Waals surface area contributed by atoms with Crippen LogP contribution in [0, 0.1) is 11.3 Å². The SMILES string of the molecule is COc1c(OC)c(OC(=O)C(C)(C)C)c2cc(OCC(C)C)ccc2c1O. The second kappa shape index (κ2) is 7.94. The largest absolute Gasteiger partial charge is 0.504 e. The van der Waals surface area contributed by atoms with Gasteiger partial charge in [-0.3, -0.25) is 4.79 Å². The van der Waals surface area contributed by atoms with E-state index in [0.717, 1.165) is 0 Å². The number of hydrogen-bond donors (Lipinski definition) is 1. The Kier molecular flexibility index (Phi) is 6.08. The summed E-state index contributed by atoms with van der Waals surface area (Å²) in [6.45, 7) is 9.94. The summed E-state index contributed by atoms with van der Waals surface area (Å²) in [6, 6.07) is 5.19. The number of ether oxygens (including phenoxy) is 4. The average molecular weight is 376 g/mol. The van der Waals surface area contributed by atoms with Crippen molar-refractivity contribution in [3.63, 3.8) is 0 Å². The van der Waals surface area contributed by atoms with Crippen LogP contribution in [0.3, 0.4) is 0 Å². The van der Waals surface area contributed by atoms with Gasteiger partial charge in [0.05, 0.1) is 26.2 Å². The second-order valence-corrected chi connectivity index (χ2v) is 7.80. The summed E-state index contributed by atoms with van der Waals surface area (Å²) >= 11 is 0. The molecule has 0 fully saturated rings. The lowest BCUT2D eigenvalue weighted by Gasteiger charge is -2.21. The monoisotopic (exact) mass is 376 g/mol. The van der Waals surface area contributed by atoms with E-state index in [2.05, 4.69) is 13.8 Å². The summed E-state index contributed by atoms with van der Waals surface area (Å²) in [7, 11) is 2.84. The number of fused-ring (bicyclic) bond motifs is 1. The highest BCUT2D eigenvalue weighted by molar-refractivity contribution is 6.00. The maximum absolute atomic E-state index is 12.5. The Morgan fingerprint density at radius 3 is 2.19 bits per heavy atom. The van der Waals surface area contributed by atoms with E-state index in [1.54, 1.807) is 39.0 Å². The molecule has 0 aromatic heterocycles. The van der Waals surface area contributed by atoms with Crippen LogP contribution in [-0.4, -0.2) is 31.9 Å². The standard InChI is InChI=1S/C21H28O6/c1-12(2)11-26-13-8-9-14-15(10-13)17(27-20(23)21(3,4)5)19(25-7)18(24-6)16(14)22/h8-10,12,22H,11H2,1-7H3. The molecule has 6 nitrogen and oxygen atoms in total. The van der Waals surface area contributed by atoms with Crippen molar-refractivity contribution in [3.8, 4) is 28.7 Å². The minimum atomic E-state index is -0.714. The third-order valence-corrected chi connectivity index (χ3v) is 3.92. The molecule has 148 valence electrons. The van der Waals surface area contributed by atoms with Gasteiger partial charge in [0.25, 0.3) is 0 Å². The highest BCUT2D eigenvalue weighted by Gasteiger charge is 2.29. The number of methoxy groups -OCH3 is 2. The number of esters is 1. The summed E-state index contributed by atoms with van der Waals surface area (Å²) in [5, 5.41) is 11.6. The van der Waals surface area contributed by atoms with E-state index in [-0.39, 0.29) is 23.0 Å². The second-order valence-electron chi connectivity index (χ2n) is 7.80. The van der Waals surface area contributed by atoms with Gasteiger partial charge in [-0.15, -0.1) is 0 Å². The molecule has 0 aliphatic carbocycles. The molecule has 0 aliphatic heterocycles. The Labute approximate surface area is 160 Å². The lowest BCUT2D eigenvalue weighted by molar-refractivity contribution is -0.143. The molecular formula is C21H28O6. The first-order chi connectivity index (χ1) is 12.6. The Bertz CT molecular complexity index is 833. The fraction of sp³-hybridized carbons (Fsp3) is 0.476. The van der Waals surface area contributed by atoms with Gasteiger partial charge in [0, 0.05) is 10.8 Å². The molecule has 2 aromatic carbocycles. The van der Waals surface area contributed by atoms with Gasteiger partial charge in [0.1, 0.15) is 5.75 Å². The number of carbonyl (C=O) groups excluding carboxylic acids is 1. The van der Waals surface area contributed by atoms with Gasteiger partial charge >= 0.3 is 5.97 Å². The first-order valence-electron chi connectivity index (χ1n) is 8.85. The molecule has 0 heterocycles. The van der Waals surface area contributed by atoms with Gasteiger partial charge in [0.15, 0.2) is 11.5 Å². The van der Waals surface area contributed by atoms with Crippen molar-refractivity contribution in [3.05, 3.63) is 18.2 Å². The predicted octanol–water partition coefficient (Wildman–Crippen LogP) is 4.55. The van der Waals surface area contributed by atoms with Gasteiger partial charge < -0.3 is 24.1 Å². The topological polar surface area (TPSA) is 74.2 Å². The summed E-state index contributed by atoms with van der Waals surface area (Å²) in [6.07, 6.45) is 0. The Morgan fingerprint density at radius 2 is 1.67 bits per heavy atom. The minimum Gasteiger partial charge on any atom is -0.504 e. The summed E-state index contributed by atoms with van der Waals surface area (Å²) in [4.78, 5) is 12.5. The Balaban J connectivity index is 2.70. The number of hydrogen-bond acceptors (Lipinski definition) is 6. The van der Waals surface area contributed by atoms with Crippen molar-refractivity contribution in [2.24, 2.45) is 11.3 Å². The normalized spacial score (nSPS) is 11.6. The molecule has 27 heavy (non-hydrogen) atoms. The number of rotatable bonds is 6. The highest BCUT2D eigenvalue weighted by Crippen LogP contribution is 2.51. The first kappa shape index (κ1) is 20.7. The van der Waals surface area contributed by atoms with Gasteiger partial charge in [-0.25, -0.2) is 0 Å². The van der Waals surface area contributed by atoms with Gasteiger partial charge in [-0.2, -0.15) is 0 Å². The van der Waals surface area contributed by atoms with Crippen molar-refractivity contribution >= 4 is 16.7 Å². The van der Waals surface area contributed by atoms with Crippen LogP contribution >= 0.6 is 0 Å². The van der Waals surface area contributed by atoms with E-state index in [1.165, 1.54) is 14.2 Å². The maximum Gasteiger partial charge on any atom is 0.316 e. The molecule has 0 saturated heterocycles. The number of aromatic hydroxyl groups is 1. The minimum absolute atomic E-state index is 0.0877. The van der Waals surface area contributed by atoms with Crippen molar-refractivity contribution < 1.29 is 28.8 Å². The molecule has 1 N–H and O–H groups in total. The van der Waals surface area contributed by atoms with E-state index in [9.17, 15) is 9.90 Å². The van der Waals surface area contributed by atoms with Crippen LogP contribution in [-0.2, 0) is 4.79 Å². The van der Waals surface area contributed by atoms with Gasteiger partial charge in [-0.1, -0.05) is 13.8 Å². The summed E-state index contributed by atoms with van der Waals surface area (Å²) in [5.74, 6) is 0.906. The van der Waals surface area contributed by atoms with Crippen LogP contribution in [0.5, 0.6) is 28.7 Å². The van der Waals surface area contributed by atoms with Crippen molar-refractivity contribution in [1.29, 1.82) is 0 Å². The van der Waals surface area contributed by atoms with Crippen LogP contribution in [0.15, 0.2) is 18.2 Å². The molecular weight excluding hydrogens is 348 g/mol. The van der Waals surface area contributed by atoms with Crippen LogP contribution in [0.25, 0.3) is 10.8 Å². The molecule has 0 radical (unpaired) electrons. The fourth-order valence-corrected chi connectivity index (χ4v) is 2.45. The molecule has 0 aliphatic rings.